The number of rotatable bonds is 2. The Kier molecular flexibility index (Phi) is 2.93. The molecule has 0 radical (unpaired) electrons. The van der Waals surface area contributed by atoms with Gasteiger partial charge in [-0.3, -0.25) is 0 Å². The first-order chi connectivity index (χ1) is 8.72. The van der Waals surface area contributed by atoms with E-state index in [-0.39, 0.29) is 0 Å². The Bertz CT molecular complexity index is 710. The first-order valence-electron chi connectivity index (χ1n) is 5.24. The van der Waals surface area contributed by atoms with E-state index in [1.165, 1.54) is 0 Å². The quantitative estimate of drug-likeness (QED) is 0.778. The van der Waals surface area contributed by atoms with Crippen molar-refractivity contribution in [2.45, 2.75) is 0 Å². The number of anilines is 2. The van der Waals surface area contributed by atoms with Crippen LogP contribution < -0.4 is 5.32 Å². The number of hydrogen-bond acceptors (Lipinski definition) is 3. The predicted octanol–water partition coefficient (Wildman–Crippen LogP) is 3.89. The van der Waals surface area contributed by atoms with Crippen LogP contribution in [0.15, 0.2) is 47.5 Å². The minimum absolute atomic E-state index is 0.675. The normalized spacial score (nSPS) is 10.8. The Morgan fingerprint density at radius 2 is 2.22 bits per heavy atom. The van der Waals surface area contributed by atoms with Gasteiger partial charge in [0.25, 0.3) is 0 Å². The summed E-state index contributed by atoms with van der Waals surface area (Å²) in [4.78, 5) is 8.64. The van der Waals surface area contributed by atoms with Gasteiger partial charge in [-0.05, 0) is 34.1 Å². The number of halogens is 2. The highest BCUT2D eigenvalue weighted by Crippen LogP contribution is 2.23. The van der Waals surface area contributed by atoms with Crippen LogP contribution in [0.3, 0.4) is 0 Å². The van der Waals surface area contributed by atoms with Gasteiger partial charge in [-0.25, -0.2) is 9.97 Å². The van der Waals surface area contributed by atoms with Crippen molar-refractivity contribution >= 4 is 44.7 Å². The fraction of sp³-hybridized carbons (Fsp3) is 0. The molecule has 0 atom stereocenters. The third kappa shape index (κ3) is 2.19. The minimum atomic E-state index is 0.675. The van der Waals surface area contributed by atoms with Gasteiger partial charge in [0.1, 0.15) is 4.60 Å². The van der Waals surface area contributed by atoms with Gasteiger partial charge in [0.05, 0.1) is 0 Å². The molecule has 4 nitrogen and oxygen atoms in total. The van der Waals surface area contributed by atoms with E-state index < -0.39 is 0 Å². The third-order valence-electron chi connectivity index (χ3n) is 2.43. The van der Waals surface area contributed by atoms with Crippen LogP contribution in [0.2, 0.25) is 5.02 Å². The Balaban J connectivity index is 2.06. The molecule has 0 aliphatic rings. The number of nitrogens with one attached hydrogen (secondary N) is 1. The molecule has 0 aliphatic carbocycles. The van der Waals surface area contributed by atoms with E-state index in [9.17, 15) is 0 Å². The van der Waals surface area contributed by atoms with Crippen LogP contribution in [0, 0.1) is 0 Å². The van der Waals surface area contributed by atoms with Gasteiger partial charge in [0.2, 0.25) is 0 Å². The van der Waals surface area contributed by atoms with Crippen LogP contribution in [0.4, 0.5) is 11.5 Å². The molecule has 0 amide bonds. The summed E-state index contributed by atoms with van der Waals surface area (Å²) in [6.45, 7) is 0. The number of benzene rings is 1. The molecule has 2 heterocycles. The second kappa shape index (κ2) is 4.59. The van der Waals surface area contributed by atoms with Gasteiger partial charge in [-0.2, -0.15) is 0 Å². The van der Waals surface area contributed by atoms with Gasteiger partial charge >= 0.3 is 0 Å². The molecule has 18 heavy (non-hydrogen) atoms. The zero-order valence-electron chi connectivity index (χ0n) is 9.14. The molecule has 0 bridgehead atoms. The highest BCUT2D eigenvalue weighted by atomic mass is 79.9. The maximum Gasteiger partial charge on any atom is 0.180 e. The zero-order valence-corrected chi connectivity index (χ0v) is 11.5. The van der Waals surface area contributed by atoms with Gasteiger partial charge in [-0.1, -0.05) is 17.7 Å². The van der Waals surface area contributed by atoms with Gasteiger partial charge < -0.3 is 9.72 Å². The fourth-order valence-electron chi connectivity index (χ4n) is 1.69. The zero-order chi connectivity index (χ0) is 12.5. The van der Waals surface area contributed by atoms with Crippen molar-refractivity contribution in [1.29, 1.82) is 0 Å². The SMILES string of the molecule is Clc1cccc(Nc2nc(Br)cn3ccnc23)c1. The number of aromatic nitrogens is 3. The van der Waals surface area contributed by atoms with E-state index in [1.807, 2.05) is 41.1 Å². The van der Waals surface area contributed by atoms with E-state index >= 15 is 0 Å². The lowest BCUT2D eigenvalue weighted by Gasteiger charge is -2.07. The summed E-state index contributed by atoms with van der Waals surface area (Å²) >= 11 is 9.32. The summed E-state index contributed by atoms with van der Waals surface area (Å²) in [5, 5.41) is 3.88. The van der Waals surface area contributed by atoms with Crippen molar-refractivity contribution in [1.82, 2.24) is 14.4 Å². The second-order valence-corrected chi connectivity index (χ2v) is 4.95. The lowest BCUT2D eigenvalue weighted by molar-refractivity contribution is 1.10. The highest BCUT2D eigenvalue weighted by Gasteiger charge is 2.06. The number of fused-ring (bicyclic) bond motifs is 1. The number of nitrogens with zero attached hydrogens (tertiary/aromatic N) is 3. The van der Waals surface area contributed by atoms with Crippen LogP contribution >= 0.6 is 27.5 Å². The Hall–Kier alpha value is -1.59. The first kappa shape index (κ1) is 11.5. The summed E-state index contributed by atoms with van der Waals surface area (Å²) in [5.74, 6) is 0.677. The molecule has 3 rings (SSSR count). The van der Waals surface area contributed by atoms with Gasteiger partial charge in [0, 0.05) is 29.3 Å². The van der Waals surface area contributed by atoms with Crippen molar-refractivity contribution in [3.05, 3.63) is 52.5 Å². The lowest BCUT2D eigenvalue weighted by Crippen LogP contribution is -1.98. The maximum atomic E-state index is 5.95. The number of imidazole rings is 1. The monoisotopic (exact) mass is 322 g/mol. The van der Waals surface area contributed by atoms with Crippen LogP contribution in [-0.4, -0.2) is 14.4 Å². The summed E-state index contributed by atoms with van der Waals surface area (Å²) in [7, 11) is 0. The molecule has 0 saturated heterocycles. The molecule has 90 valence electrons. The van der Waals surface area contributed by atoms with Crippen molar-refractivity contribution in [2.24, 2.45) is 0 Å². The second-order valence-electron chi connectivity index (χ2n) is 3.71. The van der Waals surface area contributed by atoms with E-state index in [0.29, 0.717) is 10.8 Å². The summed E-state index contributed by atoms with van der Waals surface area (Å²) in [6, 6.07) is 7.47. The Morgan fingerprint density at radius 1 is 1.33 bits per heavy atom. The molecule has 6 heteroatoms. The average molecular weight is 324 g/mol. The summed E-state index contributed by atoms with van der Waals surface area (Å²) in [5.41, 5.74) is 1.64. The Morgan fingerprint density at radius 3 is 3.06 bits per heavy atom. The molecular weight excluding hydrogens is 316 g/mol. The minimum Gasteiger partial charge on any atom is -0.337 e. The largest absolute Gasteiger partial charge is 0.337 e. The molecule has 1 aromatic carbocycles. The van der Waals surface area contributed by atoms with Crippen LogP contribution in [-0.2, 0) is 0 Å². The first-order valence-corrected chi connectivity index (χ1v) is 6.41. The molecule has 0 spiro atoms. The molecule has 2 aromatic heterocycles. The van der Waals surface area contributed by atoms with Crippen molar-refractivity contribution in [3.63, 3.8) is 0 Å². The van der Waals surface area contributed by atoms with Gasteiger partial charge in [-0.15, -0.1) is 0 Å². The van der Waals surface area contributed by atoms with E-state index in [0.717, 1.165) is 15.9 Å². The maximum absolute atomic E-state index is 5.95. The lowest BCUT2D eigenvalue weighted by atomic mass is 10.3. The Labute approximate surface area is 117 Å². The third-order valence-corrected chi connectivity index (χ3v) is 3.05. The van der Waals surface area contributed by atoms with Crippen LogP contribution in [0.1, 0.15) is 0 Å². The summed E-state index contributed by atoms with van der Waals surface area (Å²) in [6.07, 6.45) is 5.45. The van der Waals surface area contributed by atoms with Crippen molar-refractivity contribution < 1.29 is 0 Å². The van der Waals surface area contributed by atoms with Crippen LogP contribution in [0.25, 0.3) is 5.65 Å². The number of hydrogen-bond donors (Lipinski definition) is 1. The van der Waals surface area contributed by atoms with Crippen molar-refractivity contribution in [2.75, 3.05) is 5.32 Å². The average Bonchev–Trinajstić information content (AvgIpc) is 2.77. The molecule has 3 aromatic rings. The molecule has 0 unspecified atom stereocenters. The van der Waals surface area contributed by atoms with Crippen molar-refractivity contribution in [3.8, 4) is 0 Å². The summed E-state index contributed by atoms with van der Waals surface area (Å²) < 4.78 is 2.63. The molecule has 0 aliphatic heterocycles. The smallest absolute Gasteiger partial charge is 0.180 e. The van der Waals surface area contributed by atoms with E-state index in [2.05, 4.69) is 31.2 Å². The topological polar surface area (TPSA) is 42.2 Å². The molecule has 0 fully saturated rings. The van der Waals surface area contributed by atoms with E-state index in [1.54, 1.807) is 6.20 Å². The fourth-order valence-corrected chi connectivity index (χ4v) is 2.28. The van der Waals surface area contributed by atoms with Gasteiger partial charge in [0.15, 0.2) is 11.5 Å². The highest BCUT2D eigenvalue weighted by molar-refractivity contribution is 9.10. The van der Waals surface area contributed by atoms with Crippen LogP contribution in [0.5, 0.6) is 0 Å². The molecular formula is C12H8BrClN4. The predicted molar refractivity (Wildman–Crippen MR) is 75.4 cm³/mol. The molecule has 1 N–H and O–H groups in total. The van der Waals surface area contributed by atoms with E-state index in [4.69, 9.17) is 11.6 Å². The molecule has 0 saturated carbocycles. The standard InChI is InChI=1S/C12H8BrClN4/c13-10-7-18-5-4-15-12(18)11(17-10)16-9-3-1-2-8(14)6-9/h1-7H,(H,16,17).